The summed E-state index contributed by atoms with van der Waals surface area (Å²) in [6.07, 6.45) is 5.73. The second-order valence-electron chi connectivity index (χ2n) is 7.98. The molecule has 2 atom stereocenters. The van der Waals surface area contributed by atoms with E-state index in [1.807, 2.05) is 42.5 Å². The summed E-state index contributed by atoms with van der Waals surface area (Å²) >= 11 is 12.6. The van der Waals surface area contributed by atoms with E-state index in [2.05, 4.69) is 15.2 Å². The number of hydrogen-bond acceptors (Lipinski definition) is 4. The SMILES string of the molecule is Fc1ccc(C2=C(c3ccncc3)N3C(CC[C@H]3COCc3c(Cl)cccc3Cl)N2)cc1. The maximum absolute atomic E-state index is 13.5. The highest BCUT2D eigenvalue weighted by molar-refractivity contribution is 6.35. The van der Waals surface area contributed by atoms with Gasteiger partial charge >= 0.3 is 0 Å². The molecule has 32 heavy (non-hydrogen) atoms. The van der Waals surface area contributed by atoms with E-state index < -0.39 is 0 Å². The molecule has 2 aliphatic rings. The third-order valence-corrected chi connectivity index (χ3v) is 6.72. The fourth-order valence-electron chi connectivity index (χ4n) is 4.50. The molecule has 1 aromatic heterocycles. The average molecular weight is 470 g/mol. The number of ether oxygens (including phenoxy) is 1. The lowest BCUT2D eigenvalue weighted by Gasteiger charge is -2.29. The maximum atomic E-state index is 13.5. The lowest BCUT2D eigenvalue weighted by atomic mass is 10.0. The minimum absolute atomic E-state index is 0.163. The van der Waals surface area contributed by atoms with Gasteiger partial charge in [0.05, 0.1) is 36.8 Å². The molecule has 5 rings (SSSR count). The van der Waals surface area contributed by atoms with E-state index in [0.717, 1.165) is 40.9 Å². The van der Waals surface area contributed by atoms with Crippen LogP contribution in [0.3, 0.4) is 0 Å². The van der Waals surface area contributed by atoms with Crippen LogP contribution in [0.2, 0.25) is 10.0 Å². The minimum Gasteiger partial charge on any atom is -0.375 e. The van der Waals surface area contributed by atoms with Crippen LogP contribution in [0.15, 0.2) is 67.0 Å². The van der Waals surface area contributed by atoms with Gasteiger partial charge in [-0.05, 0) is 66.9 Å². The highest BCUT2D eigenvalue weighted by atomic mass is 35.5. The molecule has 1 fully saturated rings. The molecule has 0 bridgehead atoms. The first-order valence-electron chi connectivity index (χ1n) is 10.6. The molecule has 1 unspecified atom stereocenters. The summed E-state index contributed by atoms with van der Waals surface area (Å²) in [7, 11) is 0. The number of hydrogen-bond donors (Lipinski definition) is 1. The van der Waals surface area contributed by atoms with Crippen LogP contribution in [0, 0.1) is 5.82 Å². The Kier molecular flexibility index (Phi) is 6.05. The first-order valence-corrected chi connectivity index (χ1v) is 11.3. The third-order valence-electron chi connectivity index (χ3n) is 6.01. The molecule has 7 heteroatoms. The summed E-state index contributed by atoms with van der Waals surface area (Å²) in [5.41, 5.74) is 4.92. The first kappa shape index (κ1) is 21.3. The van der Waals surface area contributed by atoms with E-state index in [4.69, 9.17) is 27.9 Å². The Labute approximate surface area is 196 Å². The van der Waals surface area contributed by atoms with Crippen LogP contribution in [0.1, 0.15) is 29.5 Å². The highest BCUT2D eigenvalue weighted by Crippen LogP contribution is 2.42. The number of fused-ring (bicyclic) bond motifs is 1. The van der Waals surface area contributed by atoms with Gasteiger partial charge < -0.3 is 15.0 Å². The zero-order chi connectivity index (χ0) is 22.1. The molecule has 4 nitrogen and oxygen atoms in total. The summed E-state index contributed by atoms with van der Waals surface area (Å²) in [4.78, 5) is 6.56. The van der Waals surface area contributed by atoms with Gasteiger partial charge in [-0.3, -0.25) is 4.98 Å². The number of aromatic nitrogens is 1. The van der Waals surface area contributed by atoms with Crippen molar-refractivity contribution in [1.82, 2.24) is 15.2 Å². The number of rotatable bonds is 6. The maximum Gasteiger partial charge on any atom is 0.123 e. The van der Waals surface area contributed by atoms with Gasteiger partial charge in [0, 0.05) is 33.6 Å². The Morgan fingerprint density at radius 2 is 1.69 bits per heavy atom. The van der Waals surface area contributed by atoms with E-state index in [-0.39, 0.29) is 18.0 Å². The average Bonchev–Trinajstić information content (AvgIpc) is 3.37. The molecule has 3 heterocycles. The monoisotopic (exact) mass is 469 g/mol. The van der Waals surface area contributed by atoms with Crippen LogP contribution < -0.4 is 5.32 Å². The Morgan fingerprint density at radius 1 is 0.969 bits per heavy atom. The third kappa shape index (κ3) is 4.08. The molecule has 0 amide bonds. The first-order chi connectivity index (χ1) is 15.6. The molecule has 2 aromatic carbocycles. The number of pyridine rings is 1. The Bertz CT molecular complexity index is 1120. The van der Waals surface area contributed by atoms with Crippen LogP contribution in [0.25, 0.3) is 11.4 Å². The summed E-state index contributed by atoms with van der Waals surface area (Å²) in [5, 5.41) is 4.88. The summed E-state index contributed by atoms with van der Waals surface area (Å²) in [5.74, 6) is -0.247. The van der Waals surface area contributed by atoms with Crippen molar-refractivity contribution >= 4 is 34.6 Å². The fourth-order valence-corrected chi connectivity index (χ4v) is 5.00. The molecule has 1 saturated heterocycles. The Morgan fingerprint density at radius 3 is 2.41 bits per heavy atom. The number of benzene rings is 2. The van der Waals surface area contributed by atoms with Gasteiger partial charge in [0.1, 0.15) is 5.82 Å². The predicted octanol–water partition coefficient (Wildman–Crippen LogP) is 5.96. The second-order valence-corrected chi connectivity index (χ2v) is 8.79. The fraction of sp³-hybridized carbons (Fsp3) is 0.240. The second kappa shape index (κ2) is 9.10. The van der Waals surface area contributed by atoms with Crippen LogP contribution >= 0.6 is 23.2 Å². The Hall–Kier alpha value is -2.60. The predicted molar refractivity (Wildman–Crippen MR) is 125 cm³/mol. The molecule has 3 aromatic rings. The minimum atomic E-state index is -0.247. The number of nitrogens with zero attached hydrogens (tertiary/aromatic N) is 2. The molecule has 0 saturated carbocycles. The van der Waals surface area contributed by atoms with Crippen molar-refractivity contribution in [1.29, 1.82) is 0 Å². The lowest BCUT2D eigenvalue weighted by Crippen LogP contribution is -2.38. The molecule has 2 aliphatic heterocycles. The van der Waals surface area contributed by atoms with Gasteiger partial charge in [0.25, 0.3) is 0 Å². The Balaban J connectivity index is 1.42. The lowest BCUT2D eigenvalue weighted by molar-refractivity contribution is 0.0776. The van der Waals surface area contributed by atoms with Crippen molar-refractivity contribution in [2.45, 2.75) is 31.7 Å². The van der Waals surface area contributed by atoms with E-state index in [9.17, 15) is 4.39 Å². The van der Waals surface area contributed by atoms with E-state index in [0.29, 0.717) is 23.3 Å². The summed E-state index contributed by atoms with van der Waals surface area (Å²) < 4.78 is 19.6. The van der Waals surface area contributed by atoms with Crippen LogP contribution in [-0.4, -0.2) is 28.7 Å². The quantitative estimate of drug-likeness (QED) is 0.482. The largest absolute Gasteiger partial charge is 0.375 e. The van der Waals surface area contributed by atoms with Crippen molar-refractivity contribution in [3.63, 3.8) is 0 Å². The van der Waals surface area contributed by atoms with E-state index in [1.165, 1.54) is 12.1 Å². The normalized spacial score (nSPS) is 19.9. The summed E-state index contributed by atoms with van der Waals surface area (Å²) in [6, 6.07) is 16.3. The molecule has 0 aliphatic carbocycles. The van der Waals surface area contributed by atoms with Gasteiger partial charge in [0.15, 0.2) is 0 Å². The van der Waals surface area contributed by atoms with Crippen LogP contribution in [-0.2, 0) is 11.3 Å². The molecule has 0 spiro atoms. The van der Waals surface area contributed by atoms with Gasteiger partial charge in [0.2, 0.25) is 0 Å². The molecular weight excluding hydrogens is 448 g/mol. The van der Waals surface area contributed by atoms with Crippen LogP contribution in [0.5, 0.6) is 0 Å². The van der Waals surface area contributed by atoms with Gasteiger partial charge in [-0.15, -0.1) is 0 Å². The topological polar surface area (TPSA) is 37.4 Å². The zero-order valence-electron chi connectivity index (χ0n) is 17.3. The van der Waals surface area contributed by atoms with Crippen molar-refractivity contribution < 1.29 is 9.13 Å². The number of nitrogens with one attached hydrogen (secondary N) is 1. The smallest absolute Gasteiger partial charge is 0.123 e. The molecule has 1 N–H and O–H groups in total. The van der Waals surface area contributed by atoms with E-state index in [1.54, 1.807) is 12.4 Å². The van der Waals surface area contributed by atoms with Crippen molar-refractivity contribution in [2.75, 3.05) is 6.61 Å². The van der Waals surface area contributed by atoms with Gasteiger partial charge in [-0.1, -0.05) is 29.3 Å². The van der Waals surface area contributed by atoms with Crippen molar-refractivity contribution in [3.8, 4) is 0 Å². The van der Waals surface area contributed by atoms with Crippen molar-refractivity contribution in [3.05, 3.63) is 99.5 Å². The standard InChI is InChI=1S/C25H22Cl2FN3O/c26-21-2-1-3-22(27)20(21)15-32-14-19-8-9-23-30-24(16-4-6-18(28)7-5-16)25(31(19)23)17-10-12-29-13-11-17/h1-7,10-13,19,23,30H,8-9,14-15H2/t19-,23?/m0/s1. The molecular formula is C25H22Cl2FN3O. The number of halogens is 3. The zero-order valence-corrected chi connectivity index (χ0v) is 18.8. The van der Waals surface area contributed by atoms with Crippen LogP contribution in [0.4, 0.5) is 4.39 Å². The molecule has 164 valence electrons. The van der Waals surface area contributed by atoms with E-state index >= 15 is 0 Å². The van der Waals surface area contributed by atoms with Gasteiger partial charge in [-0.2, -0.15) is 0 Å². The highest BCUT2D eigenvalue weighted by Gasteiger charge is 2.41. The molecule has 0 radical (unpaired) electrons. The van der Waals surface area contributed by atoms with Gasteiger partial charge in [-0.25, -0.2) is 4.39 Å². The van der Waals surface area contributed by atoms with Crippen molar-refractivity contribution in [2.24, 2.45) is 0 Å². The summed E-state index contributed by atoms with van der Waals surface area (Å²) in [6.45, 7) is 0.908.